The Balaban J connectivity index is 1.95. The Labute approximate surface area is 190 Å². The quantitative estimate of drug-likeness (QED) is 0.280. The van der Waals surface area contributed by atoms with E-state index in [4.69, 9.17) is 14.2 Å². The fourth-order valence-electron chi connectivity index (χ4n) is 3.96. The van der Waals surface area contributed by atoms with Gasteiger partial charge in [0.2, 0.25) is 0 Å². The monoisotopic (exact) mass is 461 g/mol. The second-order valence-electron chi connectivity index (χ2n) is 7.71. The summed E-state index contributed by atoms with van der Waals surface area (Å²) in [7, 11) is 0. The summed E-state index contributed by atoms with van der Waals surface area (Å²) in [5.74, 6) is -1.42. The summed E-state index contributed by atoms with van der Waals surface area (Å²) in [6, 6.07) is 17.5. The average Bonchev–Trinajstić information content (AvgIpc) is 2.81. The molecule has 0 saturated heterocycles. The Hall–Kier alpha value is -2.89. The predicted octanol–water partition coefficient (Wildman–Crippen LogP) is 0.832. The predicted molar refractivity (Wildman–Crippen MR) is 114 cm³/mol. The van der Waals surface area contributed by atoms with Gasteiger partial charge in [0.15, 0.2) is 12.2 Å². The van der Waals surface area contributed by atoms with Gasteiger partial charge in [-0.05, 0) is 18.1 Å². The zero-order valence-electron chi connectivity index (χ0n) is 18.0. The molecule has 2 aromatic carbocycles. The van der Waals surface area contributed by atoms with Crippen LogP contribution in [0.4, 0.5) is 0 Å². The van der Waals surface area contributed by atoms with Crippen LogP contribution in [0.1, 0.15) is 18.1 Å². The van der Waals surface area contributed by atoms with Crippen LogP contribution in [-0.4, -0.2) is 68.9 Å². The molecule has 1 fully saturated rings. The number of aliphatic hydroxyl groups is 3. The topological polar surface area (TPSA) is 149 Å². The third-order valence-electron chi connectivity index (χ3n) is 5.65. The summed E-state index contributed by atoms with van der Waals surface area (Å²) in [5, 5.41) is 44.8. The first-order valence-electron chi connectivity index (χ1n) is 10.5. The van der Waals surface area contributed by atoms with Crippen molar-refractivity contribution >= 4 is 5.97 Å². The third kappa shape index (κ3) is 4.90. The van der Waals surface area contributed by atoms with Gasteiger partial charge in [-0.3, -0.25) is 10.1 Å². The van der Waals surface area contributed by atoms with Gasteiger partial charge >= 0.3 is 11.5 Å². The summed E-state index contributed by atoms with van der Waals surface area (Å²) < 4.78 is 16.2. The SMILES string of the molecule is CCOC(=O)[C@@]1([N+](=O)[O-])[C@H](O)[C@H](O)[C@@H](OCc2ccccc2)[C@H](O)[C@@H]1OCc1ccccc1. The van der Waals surface area contributed by atoms with E-state index in [9.17, 15) is 30.2 Å². The highest BCUT2D eigenvalue weighted by atomic mass is 16.7. The van der Waals surface area contributed by atoms with Gasteiger partial charge in [0, 0.05) is 4.92 Å². The Bertz CT molecular complexity index is 926. The molecule has 3 rings (SSSR count). The molecule has 2 aromatic rings. The van der Waals surface area contributed by atoms with Gasteiger partial charge in [0.1, 0.15) is 18.3 Å². The van der Waals surface area contributed by atoms with Crippen LogP contribution in [0.25, 0.3) is 0 Å². The van der Waals surface area contributed by atoms with Crippen molar-refractivity contribution in [3.63, 3.8) is 0 Å². The molecule has 33 heavy (non-hydrogen) atoms. The Morgan fingerprint density at radius 3 is 1.94 bits per heavy atom. The number of nitro groups is 1. The highest BCUT2D eigenvalue weighted by Crippen LogP contribution is 2.38. The summed E-state index contributed by atoms with van der Waals surface area (Å²) in [4.78, 5) is 23.9. The molecular weight excluding hydrogens is 434 g/mol. The van der Waals surface area contributed by atoms with Gasteiger partial charge < -0.3 is 29.5 Å². The largest absolute Gasteiger partial charge is 0.461 e. The number of ether oxygens (including phenoxy) is 3. The number of carbonyl (C=O) groups excluding carboxylic acids is 1. The minimum absolute atomic E-state index is 0.0530. The van der Waals surface area contributed by atoms with Crippen LogP contribution in [0.5, 0.6) is 0 Å². The van der Waals surface area contributed by atoms with Crippen LogP contribution in [0, 0.1) is 10.1 Å². The minimum atomic E-state index is -2.96. The molecular formula is C23H27NO9. The summed E-state index contributed by atoms with van der Waals surface area (Å²) in [5.41, 5.74) is -1.63. The van der Waals surface area contributed by atoms with Crippen molar-refractivity contribution in [1.29, 1.82) is 0 Å². The summed E-state index contributed by atoms with van der Waals surface area (Å²) in [6.45, 7) is 0.973. The lowest BCUT2D eigenvalue weighted by Gasteiger charge is -2.46. The Morgan fingerprint density at radius 1 is 0.939 bits per heavy atom. The number of hydrogen-bond donors (Lipinski definition) is 3. The first-order chi connectivity index (χ1) is 15.8. The summed E-state index contributed by atoms with van der Waals surface area (Å²) in [6.07, 6.45) is -9.40. The van der Waals surface area contributed by atoms with E-state index in [0.29, 0.717) is 11.1 Å². The van der Waals surface area contributed by atoms with E-state index in [1.54, 1.807) is 60.7 Å². The van der Waals surface area contributed by atoms with Gasteiger partial charge in [-0.25, -0.2) is 4.79 Å². The van der Waals surface area contributed by atoms with E-state index in [1.807, 2.05) is 0 Å². The van der Waals surface area contributed by atoms with E-state index >= 15 is 0 Å². The zero-order chi connectivity index (χ0) is 24.0. The lowest BCUT2D eigenvalue weighted by atomic mass is 9.72. The van der Waals surface area contributed by atoms with E-state index in [-0.39, 0.29) is 19.8 Å². The number of esters is 1. The van der Waals surface area contributed by atoms with Gasteiger partial charge in [0.05, 0.1) is 19.8 Å². The maximum atomic E-state index is 12.8. The van der Waals surface area contributed by atoms with Crippen molar-refractivity contribution in [2.75, 3.05) is 6.61 Å². The van der Waals surface area contributed by atoms with E-state index in [2.05, 4.69) is 0 Å². The number of rotatable bonds is 9. The third-order valence-corrected chi connectivity index (χ3v) is 5.65. The van der Waals surface area contributed by atoms with Crippen LogP contribution >= 0.6 is 0 Å². The molecule has 0 bridgehead atoms. The minimum Gasteiger partial charge on any atom is -0.461 e. The Morgan fingerprint density at radius 2 is 1.45 bits per heavy atom. The fourth-order valence-corrected chi connectivity index (χ4v) is 3.96. The van der Waals surface area contributed by atoms with Crippen molar-refractivity contribution in [3.8, 4) is 0 Å². The van der Waals surface area contributed by atoms with Crippen molar-refractivity contribution in [2.24, 2.45) is 0 Å². The molecule has 1 aliphatic rings. The normalized spacial score (nSPS) is 29.4. The number of hydrogen-bond acceptors (Lipinski definition) is 9. The Kier molecular flexibility index (Phi) is 8.11. The maximum Gasteiger partial charge on any atom is 0.390 e. The van der Waals surface area contributed by atoms with Gasteiger partial charge in [-0.1, -0.05) is 60.7 Å². The molecule has 6 atom stereocenters. The molecule has 0 heterocycles. The lowest BCUT2D eigenvalue weighted by molar-refractivity contribution is -0.593. The van der Waals surface area contributed by atoms with Crippen molar-refractivity contribution < 1.29 is 39.2 Å². The standard InChI is InChI=1S/C23H27NO9/c1-2-31-22(28)23(24(29)30)20(27)17(25)19(32-13-15-9-5-3-6-10-15)18(26)21(23)33-14-16-11-7-4-8-12-16/h3-12,17-21,25-27H,2,13-14H2,1H3/t17-,18+,19-,20-,21+,23-/m1/s1. The average molecular weight is 461 g/mol. The van der Waals surface area contributed by atoms with E-state index in [0.717, 1.165) is 0 Å². The van der Waals surface area contributed by atoms with Crippen LogP contribution in [0.15, 0.2) is 60.7 Å². The van der Waals surface area contributed by atoms with Gasteiger partial charge in [-0.2, -0.15) is 0 Å². The highest BCUT2D eigenvalue weighted by molar-refractivity contribution is 5.81. The van der Waals surface area contributed by atoms with E-state index in [1.165, 1.54) is 6.92 Å². The first-order valence-corrected chi connectivity index (χ1v) is 10.5. The lowest BCUT2D eigenvalue weighted by Crippen LogP contribution is -2.77. The molecule has 1 aliphatic carbocycles. The second-order valence-corrected chi connectivity index (χ2v) is 7.71. The van der Waals surface area contributed by atoms with Crippen molar-refractivity contribution in [2.45, 2.75) is 56.2 Å². The van der Waals surface area contributed by atoms with E-state index < -0.39 is 47.0 Å². The molecule has 0 aromatic heterocycles. The molecule has 10 nitrogen and oxygen atoms in total. The molecule has 3 N–H and O–H groups in total. The van der Waals surface area contributed by atoms with Crippen LogP contribution in [0.2, 0.25) is 0 Å². The maximum absolute atomic E-state index is 12.8. The van der Waals surface area contributed by atoms with Crippen LogP contribution in [0.3, 0.4) is 0 Å². The summed E-state index contributed by atoms with van der Waals surface area (Å²) >= 11 is 0. The number of aliphatic hydroxyl groups excluding tert-OH is 3. The number of nitrogens with zero attached hydrogens (tertiary/aromatic N) is 1. The fraction of sp³-hybridized carbons (Fsp3) is 0.435. The number of carbonyl (C=O) groups is 1. The van der Waals surface area contributed by atoms with Gasteiger partial charge in [-0.15, -0.1) is 0 Å². The molecule has 178 valence electrons. The number of benzene rings is 2. The molecule has 1 saturated carbocycles. The smallest absolute Gasteiger partial charge is 0.390 e. The zero-order valence-corrected chi connectivity index (χ0v) is 18.0. The molecule has 0 amide bonds. The second kappa shape index (κ2) is 10.8. The van der Waals surface area contributed by atoms with Crippen molar-refractivity contribution in [1.82, 2.24) is 0 Å². The first kappa shape index (κ1) is 24.7. The molecule has 0 unspecified atom stereocenters. The van der Waals surface area contributed by atoms with Gasteiger partial charge in [0.25, 0.3) is 0 Å². The van der Waals surface area contributed by atoms with Crippen LogP contribution < -0.4 is 0 Å². The van der Waals surface area contributed by atoms with Crippen LogP contribution in [-0.2, 0) is 32.2 Å². The molecule has 0 aliphatic heterocycles. The highest BCUT2D eigenvalue weighted by Gasteiger charge is 2.74. The molecule has 0 radical (unpaired) electrons. The molecule has 0 spiro atoms. The molecule has 10 heteroatoms. The van der Waals surface area contributed by atoms with Crippen molar-refractivity contribution in [3.05, 3.63) is 81.9 Å².